The predicted octanol–water partition coefficient (Wildman–Crippen LogP) is 2.30. The van der Waals surface area contributed by atoms with Gasteiger partial charge < -0.3 is 20.1 Å². The van der Waals surface area contributed by atoms with Crippen LogP contribution in [-0.4, -0.2) is 44.0 Å². The van der Waals surface area contributed by atoms with Crippen molar-refractivity contribution in [2.24, 2.45) is 11.1 Å². The minimum absolute atomic E-state index is 0.0658. The van der Waals surface area contributed by atoms with E-state index in [4.69, 9.17) is 10.5 Å². The highest BCUT2D eigenvalue weighted by Gasteiger charge is 2.40. The lowest BCUT2D eigenvalue weighted by Crippen LogP contribution is -2.49. The lowest BCUT2D eigenvalue weighted by Gasteiger charge is -2.37. The highest BCUT2D eigenvalue weighted by Crippen LogP contribution is 2.32. The Labute approximate surface area is 138 Å². The third-order valence-electron chi connectivity index (χ3n) is 4.22. The standard InChI is InChI=1S/C16H21F3N2O3/c1-21(14(22)15(11-20)6-8-23-9-7-15)10-12-2-4-13(5-3-12)24-16(17,18)19/h2-5H,6-11,20H2,1H3. The number of nitrogens with two attached hydrogens (primary N) is 1. The summed E-state index contributed by atoms with van der Waals surface area (Å²) in [7, 11) is 1.66. The first-order valence-corrected chi connectivity index (χ1v) is 7.64. The smallest absolute Gasteiger partial charge is 0.406 e. The highest BCUT2D eigenvalue weighted by atomic mass is 19.4. The van der Waals surface area contributed by atoms with Crippen LogP contribution in [0.3, 0.4) is 0 Å². The van der Waals surface area contributed by atoms with Crippen molar-refractivity contribution in [1.82, 2.24) is 4.90 Å². The summed E-state index contributed by atoms with van der Waals surface area (Å²) < 4.78 is 45.6. The molecule has 5 nitrogen and oxygen atoms in total. The molecular weight excluding hydrogens is 325 g/mol. The van der Waals surface area contributed by atoms with Crippen molar-refractivity contribution in [3.05, 3.63) is 29.8 Å². The zero-order chi connectivity index (χ0) is 17.8. The first kappa shape index (κ1) is 18.5. The molecule has 0 saturated carbocycles. The number of hydrogen-bond donors (Lipinski definition) is 1. The molecule has 0 bridgehead atoms. The summed E-state index contributed by atoms with van der Waals surface area (Å²) in [5, 5.41) is 0. The number of benzene rings is 1. The number of amides is 1. The van der Waals surface area contributed by atoms with E-state index < -0.39 is 11.8 Å². The Morgan fingerprint density at radius 1 is 1.29 bits per heavy atom. The van der Waals surface area contributed by atoms with E-state index in [1.54, 1.807) is 11.9 Å². The Bertz CT molecular complexity index is 555. The van der Waals surface area contributed by atoms with Gasteiger partial charge >= 0.3 is 6.36 Å². The minimum Gasteiger partial charge on any atom is -0.406 e. The van der Waals surface area contributed by atoms with Gasteiger partial charge in [-0.1, -0.05) is 12.1 Å². The summed E-state index contributed by atoms with van der Waals surface area (Å²) in [6, 6.07) is 5.47. The highest BCUT2D eigenvalue weighted by molar-refractivity contribution is 5.83. The quantitative estimate of drug-likeness (QED) is 0.889. The molecule has 1 amide bonds. The molecule has 0 aromatic heterocycles. The number of rotatable bonds is 5. The number of carbonyl (C=O) groups excluding carboxylic acids is 1. The van der Waals surface area contributed by atoms with Crippen LogP contribution in [0, 0.1) is 5.41 Å². The first-order chi connectivity index (χ1) is 11.3. The van der Waals surface area contributed by atoms with Crippen LogP contribution in [0.25, 0.3) is 0 Å². The second-order valence-electron chi connectivity index (χ2n) is 5.95. The Balaban J connectivity index is 2.00. The van der Waals surface area contributed by atoms with Crippen LogP contribution in [0.2, 0.25) is 0 Å². The molecule has 0 atom stereocenters. The number of carbonyl (C=O) groups is 1. The van der Waals surface area contributed by atoms with Crippen molar-refractivity contribution in [3.8, 4) is 5.75 Å². The topological polar surface area (TPSA) is 64.8 Å². The average molecular weight is 346 g/mol. The summed E-state index contributed by atoms with van der Waals surface area (Å²) in [5.74, 6) is -0.355. The van der Waals surface area contributed by atoms with Crippen LogP contribution in [0.15, 0.2) is 24.3 Å². The molecular formula is C16H21F3N2O3. The van der Waals surface area contributed by atoms with Gasteiger partial charge in [-0.3, -0.25) is 4.79 Å². The second kappa shape index (κ2) is 7.40. The van der Waals surface area contributed by atoms with Gasteiger partial charge in [0.15, 0.2) is 0 Å². The lowest BCUT2D eigenvalue weighted by atomic mass is 9.79. The first-order valence-electron chi connectivity index (χ1n) is 7.64. The lowest BCUT2D eigenvalue weighted by molar-refractivity contribution is -0.274. The van der Waals surface area contributed by atoms with Crippen molar-refractivity contribution >= 4 is 5.91 Å². The van der Waals surface area contributed by atoms with Crippen LogP contribution >= 0.6 is 0 Å². The van der Waals surface area contributed by atoms with Gasteiger partial charge in [-0.2, -0.15) is 0 Å². The van der Waals surface area contributed by atoms with Gasteiger partial charge in [0.05, 0.1) is 5.41 Å². The van der Waals surface area contributed by atoms with E-state index in [9.17, 15) is 18.0 Å². The summed E-state index contributed by atoms with van der Waals surface area (Å²) >= 11 is 0. The molecule has 1 aromatic carbocycles. The molecule has 0 aliphatic carbocycles. The van der Waals surface area contributed by atoms with Gasteiger partial charge in [0, 0.05) is 33.4 Å². The molecule has 1 aliphatic heterocycles. The Hall–Kier alpha value is -1.80. The molecule has 1 fully saturated rings. The fourth-order valence-corrected chi connectivity index (χ4v) is 2.81. The molecule has 24 heavy (non-hydrogen) atoms. The fourth-order valence-electron chi connectivity index (χ4n) is 2.81. The Morgan fingerprint density at radius 3 is 2.38 bits per heavy atom. The number of halogens is 3. The summed E-state index contributed by atoms with van der Waals surface area (Å²) in [5.41, 5.74) is 5.91. The predicted molar refractivity (Wildman–Crippen MR) is 81.1 cm³/mol. The molecule has 134 valence electrons. The van der Waals surface area contributed by atoms with Crippen molar-refractivity contribution in [3.63, 3.8) is 0 Å². The molecule has 1 heterocycles. The number of hydrogen-bond acceptors (Lipinski definition) is 4. The Morgan fingerprint density at radius 2 is 1.88 bits per heavy atom. The monoisotopic (exact) mass is 346 g/mol. The van der Waals surface area contributed by atoms with Gasteiger partial charge in [-0.15, -0.1) is 13.2 Å². The largest absolute Gasteiger partial charge is 0.573 e. The van der Waals surface area contributed by atoms with Crippen molar-refractivity contribution in [2.75, 3.05) is 26.8 Å². The molecule has 0 spiro atoms. The third-order valence-corrected chi connectivity index (χ3v) is 4.22. The zero-order valence-corrected chi connectivity index (χ0v) is 13.4. The molecule has 1 aromatic rings. The fraction of sp³-hybridized carbons (Fsp3) is 0.562. The second-order valence-corrected chi connectivity index (χ2v) is 5.95. The molecule has 2 N–H and O–H groups in total. The zero-order valence-electron chi connectivity index (χ0n) is 13.4. The van der Waals surface area contributed by atoms with E-state index in [2.05, 4.69) is 4.74 Å². The van der Waals surface area contributed by atoms with Gasteiger partial charge in [-0.25, -0.2) is 0 Å². The van der Waals surface area contributed by atoms with E-state index in [1.807, 2.05) is 0 Å². The van der Waals surface area contributed by atoms with E-state index in [0.29, 0.717) is 31.6 Å². The number of ether oxygens (including phenoxy) is 2. The summed E-state index contributed by atoms with van der Waals surface area (Å²) in [6.07, 6.45) is -3.57. The molecule has 1 aliphatic rings. The molecule has 8 heteroatoms. The van der Waals surface area contributed by atoms with Crippen LogP contribution in [-0.2, 0) is 16.1 Å². The normalized spacial score (nSPS) is 17.4. The van der Waals surface area contributed by atoms with Crippen LogP contribution in [0.5, 0.6) is 5.75 Å². The van der Waals surface area contributed by atoms with E-state index in [0.717, 1.165) is 0 Å². The maximum atomic E-state index is 12.7. The summed E-state index contributed by atoms with van der Waals surface area (Å²) in [4.78, 5) is 14.3. The maximum Gasteiger partial charge on any atom is 0.573 e. The molecule has 2 rings (SSSR count). The molecule has 0 unspecified atom stereocenters. The SMILES string of the molecule is CN(Cc1ccc(OC(F)(F)F)cc1)C(=O)C1(CN)CCOCC1. The van der Waals surface area contributed by atoms with E-state index in [-0.39, 0.29) is 24.7 Å². The van der Waals surface area contributed by atoms with Crippen molar-refractivity contribution in [2.45, 2.75) is 25.7 Å². The number of alkyl halides is 3. The van der Waals surface area contributed by atoms with Crippen molar-refractivity contribution < 1.29 is 27.4 Å². The van der Waals surface area contributed by atoms with Crippen molar-refractivity contribution in [1.29, 1.82) is 0 Å². The molecule has 1 saturated heterocycles. The third kappa shape index (κ3) is 4.61. The summed E-state index contributed by atoms with van der Waals surface area (Å²) in [6.45, 7) is 1.53. The van der Waals surface area contributed by atoms with Crippen LogP contribution in [0.1, 0.15) is 18.4 Å². The van der Waals surface area contributed by atoms with E-state index >= 15 is 0 Å². The van der Waals surface area contributed by atoms with Gasteiger partial charge in [-0.05, 0) is 30.5 Å². The maximum absolute atomic E-state index is 12.7. The van der Waals surface area contributed by atoms with E-state index in [1.165, 1.54) is 24.3 Å². The van der Waals surface area contributed by atoms with Crippen LogP contribution < -0.4 is 10.5 Å². The van der Waals surface area contributed by atoms with Gasteiger partial charge in [0.1, 0.15) is 5.75 Å². The minimum atomic E-state index is -4.72. The average Bonchev–Trinajstić information content (AvgIpc) is 2.55. The Kier molecular flexibility index (Phi) is 5.71. The van der Waals surface area contributed by atoms with Crippen LogP contribution in [0.4, 0.5) is 13.2 Å². The number of nitrogens with zero attached hydrogens (tertiary/aromatic N) is 1. The van der Waals surface area contributed by atoms with Gasteiger partial charge in [0.2, 0.25) is 5.91 Å². The van der Waals surface area contributed by atoms with Gasteiger partial charge in [0.25, 0.3) is 0 Å². The molecule has 0 radical (unpaired) electrons.